The van der Waals surface area contributed by atoms with Crippen LogP contribution in [0.25, 0.3) is 0 Å². The minimum absolute atomic E-state index is 0.0602. The fourth-order valence-electron chi connectivity index (χ4n) is 3.54. The second-order valence-electron chi connectivity index (χ2n) is 4.77. The molecule has 2 bridgehead atoms. The summed E-state index contributed by atoms with van der Waals surface area (Å²) in [6.45, 7) is 2.00. The average Bonchev–Trinajstić information content (AvgIpc) is 2.67. The van der Waals surface area contributed by atoms with Crippen molar-refractivity contribution >= 4 is 5.78 Å². The van der Waals surface area contributed by atoms with Crippen LogP contribution in [0.4, 0.5) is 0 Å². The number of carbonyl (C=O) groups is 1. The summed E-state index contributed by atoms with van der Waals surface area (Å²) >= 11 is 0. The van der Waals surface area contributed by atoms with Crippen molar-refractivity contribution in [2.24, 2.45) is 23.7 Å². The highest BCUT2D eigenvalue weighted by atomic mass is 16.3. The van der Waals surface area contributed by atoms with E-state index < -0.39 is 5.60 Å². The standard InChI is InChI=1S/C12H14O2/c1-7-8-5-6-11(13)12(7,14)10-4-2-3-9(8)10/h2,4-10,14H,3H2,1H3/t7-,8+,9+,10+,12+/m1/s1. The minimum atomic E-state index is -1.10. The molecular formula is C12H14O2. The first kappa shape index (κ1) is 8.42. The lowest BCUT2D eigenvalue weighted by atomic mass is 9.77. The normalized spacial score (nSPS) is 54.0. The highest BCUT2D eigenvalue weighted by Crippen LogP contribution is 2.56. The number of ketones is 1. The van der Waals surface area contributed by atoms with Gasteiger partial charge < -0.3 is 5.11 Å². The van der Waals surface area contributed by atoms with Gasteiger partial charge in [-0.15, -0.1) is 0 Å². The van der Waals surface area contributed by atoms with E-state index in [0.29, 0.717) is 11.8 Å². The van der Waals surface area contributed by atoms with E-state index in [2.05, 4.69) is 6.08 Å². The number of hydrogen-bond acceptors (Lipinski definition) is 2. The first-order valence-corrected chi connectivity index (χ1v) is 5.27. The van der Waals surface area contributed by atoms with Crippen molar-refractivity contribution in [3.05, 3.63) is 24.3 Å². The van der Waals surface area contributed by atoms with Gasteiger partial charge in [-0.3, -0.25) is 4.79 Å². The van der Waals surface area contributed by atoms with E-state index in [-0.39, 0.29) is 17.6 Å². The topological polar surface area (TPSA) is 37.3 Å². The molecule has 5 atom stereocenters. The lowest BCUT2D eigenvalue weighted by molar-refractivity contribution is -0.139. The monoisotopic (exact) mass is 190 g/mol. The maximum atomic E-state index is 11.8. The third-order valence-electron chi connectivity index (χ3n) is 4.35. The third kappa shape index (κ3) is 0.706. The van der Waals surface area contributed by atoms with E-state index in [1.807, 2.05) is 19.1 Å². The summed E-state index contributed by atoms with van der Waals surface area (Å²) in [7, 11) is 0. The smallest absolute Gasteiger partial charge is 0.187 e. The first-order valence-electron chi connectivity index (χ1n) is 5.27. The zero-order valence-corrected chi connectivity index (χ0v) is 8.18. The van der Waals surface area contributed by atoms with Crippen molar-refractivity contribution in [1.29, 1.82) is 0 Å². The van der Waals surface area contributed by atoms with Crippen LogP contribution in [0.2, 0.25) is 0 Å². The zero-order valence-electron chi connectivity index (χ0n) is 8.18. The van der Waals surface area contributed by atoms with Crippen molar-refractivity contribution in [3.63, 3.8) is 0 Å². The SMILES string of the molecule is C[C@@H]1[C@@H]2C=CC(=O)[C@@]1(O)[C@H]1C=CC[C@@H]21. The highest BCUT2D eigenvalue weighted by Gasteiger charge is 2.61. The summed E-state index contributed by atoms with van der Waals surface area (Å²) in [5.74, 6) is 0.889. The molecule has 2 nitrogen and oxygen atoms in total. The summed E-state index contributed by atoms with van der Waals surface area (Å²) in [5.41, 5.74) is -1.10. The van der Waals surface area contributed by atoms with Gasteiger partial charge in [-0.1, -0.05) is 25.2 Å². The Balaban J connectivity index is 2.16. The van der Waals surface area contributed by atoms with E-state index in [4.69, 9.17) is 0 Å². The molecule has 0 saturated heterocycles. The number of rotatable bonds is 0. The quantitative estimate of drug-likeness (QED) is 0.585. The molecule has 0 unspecified atom stereocenters. The Labute approximate surface area is 83.3 Å². The number of fused-ring (bicyclic) bond motifs is 5. The molecular weight excluding hydrogens is 176 g/mol. The first-order chi connectivity index (χ1) is 6.65. The third-order valence-corrected chi connectivity index (χ3v) is 4.35. The maximum absolute atomic E-state index is 11.8. The van der Waals surface area contributed by atoms with Crippen LogP contribution in [0.5, 0.6) is 0 Å². The minimum Gasteiger partial charge on any atom is -0.381 e. The zero-order chi connectivity index (χ0) is 9.92. The van der Waals surface area contributed by atoms with Gasteiger partial charge in [-0.05, 0) is 30.3 Å². The van der Waals surface area contributed by atoms with Crippen LogP contribution in [-0.2, 0) is 4.79 Å². The van der Waals surface area contributed by atoms with Crippen LogP contribution >= 0.6 is 0 Å². The fraction of sp³-hybridized carbons (Fsp3) is 0.583. The molecule has 0 radical (unpaired) electrons. The molecule has 74 valence electrons. The van der Waals surface area contributed by atoms with Gasteiger partial charge in [-0.2, -0.15) is 0 Å². The van der Waals surface area contributed by atoms with Crippen molar-refractivity contribution in [3.8, 4) is 0 Å². The lowest BCUT2D eigenvalue weighted by Gasteiger charge is -2.32. The Hall–Kier alpha value is -0.890. The predicted molar refractivity (Wildman–Crippen MR) is 52.5 cm³/mol. The predicted octanol–water partition coefficient (Wildman–Crippen LogP) is 1.31. The van der Waals surface area contributed by atoms with Gasteiger partial charge in [0, 0.05) is 5.92 Å². The molecule has 1 fully saturated rings. The van der Waals surface area contributed by atoms with Crippen LogP contribution in [0.15, 0.2) is 24.3 Å². The van der Waals surface area contributed by atoms with Crippen molar-refractivity contribution in [2.75, 3.05) is 0 Å². The van der Waals surface area contributed by atoms with Gasteiger partial charge >= 0.3 is 0 Å². The number of aliphatic hydroxyl groups is 1. The summed E-state index contributed by atoms with van der Waals surface area (Å²) in [4.78, 5) is 11.8. The Morgan fingerprint density at radius 2 is 2.29 bits per heavy atom. The Morgan fingerprint density at radius 1 is 1.50 bits per heavy atom. The van der Waals surface area contributed by atoms with Gasteiger partial charge in [0.15, 0.2) is 5.78 Å². The van der Waals surface area contributed by atoms with Gasteiger partial charge in [0.1, 0.15) is 5.60 Å². The van der Waals surface area contributed by atoms with Crippen LogP contribution < -0.4 is 0 Å². The molecule has 0 aromatic rings. The van der Waals surface area contributed by atoms with Crippen molar-refractivity contribution in [2.45, 2.75) is 18.9 Å². The molecule has 1 N–H and O–H groups in total. The van der Waals surface area contributed by atoms with Gasteiger partial charge in [0.25, 0.3) is 0 Å². The van der Waals surface area contributed by atoms with Crippen molar-refractivity contribution in [1.82, 2.24) is 0 Å². The van der Waals surface area contributed by atoms with Gasteiger partial charge in [-0.25, -0.2) is 0 Å². The van der Waals surface area contributed by atoms with Crippen LogP contribution in [0.3, 0.4) is 0 Å². The Morgan fingerprint density at radius 3 is 3.07 bits per heavy atom. The average molecular weight is 190 g/mol. The molecule has 3 aliphatic carbocycles. The largest absolute Gasteiger partial charge is 0.381 e. The molecule has 3 aliphatic rings. The second kappa shape index (κ2) is 2.37. The Kier molecular flexibility index (Phi) is 1.43. The van der Waals surface area contributed by atoms with Gasteiger partial charge in [0.05, 0.1) is 0 Å². The van der Waals surface area contributed by atoms with Gasteiger partial charge in [0.2, 0.25) is 0 Å². The summed E-state index contributed by atoms with van der Waals surface area (Å²) in [5, 5.41) is 10.5. The maximum Gasteiger partial charge on any atom is 0.187 e. The molecule has 2 heteroatoms. The fourth-order valence-corrected chi connectivity index (χ4v) is 3.54. The molecule has 0 aliphatic heterocycles. The van der Waals surface area contributed by atoms with E-state index in [1.165, 1.54) is 0 Å². The molecule has 1 saturated carbocycles. The number of allylic oxidation sites excluding steroid dienone is 2. The summed E-state index contributed by atoms with van der Waals surface area (Å²) in [6.07, 6.45) is 8.73. The summed E-state index contributed by atoms with van der Waals surface area (Å²) < 4.78 is 0. The van der Waals surface area contributed by atoms with Crippen LogP contribution in [0.1, 0.15) is 13.3 Å². The highest BCUT2D eigenvalue weighted by molar-refractivity contribution is 5.99. The molecule has 0 spiro atoms. The van der Waals surface area contributed by atoms with E-state index in [0.717, 1.165) is 6.42 Å². The van der Waals surface area contributed by atoms with Crippen LogP contribution in [-0.4, -0.2) is 16.5 Å². The number of hydrogen-bond donors (Lipinski definition) is 1. The van der Waals surface area contributed by atoms with Crippen LogP contribution in [0, 0.1) is 23.7 Å². The number of carbonyl (C=O) groups excluding carboxylic acids is 1. The Bertz CT molecular complexity index is 355. The summed E-state index contributed by atoms with van der Waals surface area (Å²) in [6, 6.07) is 0. The molecule has 0 aromatic carbocycles. The molecule has 14 heavy (non-hydrogen) atoms. The van der Waals surface area contributed by atoms with E-state index in [1.54, 1.807) is 6.08 Å². The second-order valence-corrected chi connectivity index (χ2v) is 4.77. The van der Waals surface area contributed by atoms with E-state index in [9.17, 15) is 9.90 Å². The molecule has 0 aromatic heterocycles. The molecule has 0 amide bonds. The molecule has 3 rings (SSSR count). The van der Waals surface area contributed by atoms with E-state index >= 15 is 0 Å². The van der Waals surface area contributed by atoms with Crippen molar-refractivity contribution < 1.29 is 9.90 Å². The lowest BCUT2D eigenvalue weighted by Crippen LogP contribution is -2.47. The molecule has 0 heterocycles.